The highest BCUT2D eigenvalue weighted by molar-refractivity contribution is 7.11. The molecule has 0 saturated carbocycles. The van der Waals surface area contributed by atoms with Crippen LogP contribution in [0.3, 0.4) is 0 Å². The molecule has 2 aromatic rings. The SMILES string of the molecule is CCc1cnc(C(C)Nc2ccc(N)c(C(F)(F)F)c2)s1. The van der Waals surface area contributed by atoms with E-state index in [2.05, 4.69) is 10.3 Å². The van der Waals surface area contributed by atoms with E-state index in [0.717, 1.165) is 22.4 Å². The molecule has 1 atom stereocenters. The molecule has 21 heavy (non-hydrogen) atoms. The molecule has 3 N–H and O–H groups in total. The normalized spacial score (nSPS) is 13.2. The fourth-order valence-corrected chi connectivity index (χ4v) is 2.75. The molecule has 1 unspecified atom stereocenters. The van der Waals surface area contributed by atoms with E-state index < -0.39 is 11.7 Å². The van der Waals surface area contributed by atoms with Gasteiger partial charge in [0.1, 0.15) is 5.01 Å². The first-order valence-corrected chi connectivity index (χ1v) is 7.30. The monoisotopic (exact) mass is 315 g/mol. The van der Waals surface area contributed by atoms with Crippen molar-refractivity contribution in [3.05, 3.63) is 39.8 Å². The van der Waals surface area contributed by atoms with Gasteiger partial charge < -0.3 is 11.1 Å². The molecule has 3 nitrogen and oxygen atoms in total. The lowest BCUT2D eigenvalue weighted by Gasteiger charge is -2.16. The van der Waals surface area contributed by atoms with Crippen LogP contribution in [0, 0.1) is 0 Å². The van der Waals surface area contributed by atoms with Gasteiger partial charge in [0, 0.05) is 22.4 Å². The number of benzene rings is 1. The Bertz CT molecular complexity index is 622. The first kappa shape index (κ1) is 15.6. The Hall–Kier alpha value is -1.76. The van der Waals surface area contributed by atoms with Gasteiger partial charge in [-0.1, -0.05) is 6.92 Å². The van der Waals surface area contributed by atoms with Crippen molar-refractivity contribution in [1.82, 2.24) is 4.98 Å². The van der Waals surface area contributed by atoms with Crippen LogP contribution >= 0.6 is 11.3 Å². The third-order valence-corrected chi connectivity index (χ3v) is 4.36. The lowest BCUT2D eigenvalue weighted by Crippen LogP contribution is -2.11. The second-order valence-electron chi connectivity index (χ2n) is 4.68. The number of nitrogens with two attached hydrogens (primary N) is 1. The Morgan fingerprint density at radius 2 is 2.10 bits per heavy atom. The number of rotatable bonds is 4. The van der Waals surface area contributed by atoms with E-state index in [1.54, 1.807) is 17.5 Å². The smallest absolute Gasteiger partial charge is 0.398 e. The van der Waals surface area contributed by atoms with Crippen LogP contribution < -0.4 is 11.1 Å². The zero-order chi connectivity index (χ0) is 15.6. The summed E-state index contributed by atoms with van der Waals surface area (Å²) in [4.78, 5) is 5.43. The van der Waals surface area contributed by atoms with Gasteiger partial charge in [-0.15, -0.1) is 11.3 Å². The highest BCUT2D eigenvalue weighted by Crippen LogP contribution is 2.36. The topological polar surface area (TPSA) is 50.9 Å². The maximum Gasteiger partial charge on any atom is 0.418 e. The lowest BCUT2D eigenvalue weighted by atomic mass is 10.1. The minimum absolute atomic E-state index is 0.167. The van der Waals surface area contributed by atoms with Crippen molar-refractivity contribution in [3.8, 4) is 0 Å². The third-order valence-electron chi connectivity index (χ3n) is 3.03. The Balaban J connectivity index is 2.19. The number of nitrogen functional groups attached to an aromatic ring is 1. The Morgan fingerprint density at radius 1 is 1.38 bits per heavy atom. The fraction of sp³-hybridized carbons (Fsp3) is 0.357. The molecule has 1 heterocycles. The van der Waals surface area contributed by atoms with Crippen molar-refractivity contribution in [2.45, 2.75) is 32.5 Å². The van der Waals surface area contributed by atoms with Gasteiger partial charge in [0.25, 0.3) is 0 Å². The summed E-state index contributed by atoms with van der Waals surface area (Å²) in [5.74, 6) is 0. The van der Waals surface area contributed by atoms with E-state index in [9.17, 15) is 13.2 Å². The van der Waals surface area contributed by atoms with Crippen LogP contribution in [0.5, 0.6) is 0 Å². The summed E-state index contributed by atoms with van der Waals surface area (Å²) >= 11 is 1.55. The van der Waals surface area contributed by atoms with E-state index in [1.165, 1.54) is 12.1 Å². The van der Waals surface area contributed by atoms with Crippen LogP contribution in [0.15, 0.2) is 24.4 Å². The standard InChI is InChI=1S/C14H16F3N3S/c1-3-10-7-19-13(21-10)8(2)20-9-4-5-12(18)11(6-9)14(15,16)17/h4-8,20H,3,18H2,1-2H3. The van der Waals surface area contributed by atoms with Crippen LogP contribution in [0.1, 0.15) is 35.3 Å². The van der Waals surface area contributed by atoms with Gasteiger partial charge in [0.2, 0.25) is 0 Å². The Kier molecular flexibility index (Phi) is 4.41. The summed E-state index contributed by atoms with van der Waals surface area (Å²) in [7, 11) is 0. The second-order valence-corrected chi connectivity index (χ2v) is 5.83. The average Bonchev–Trinajstić information content (AvgIpc) is 2.88. The average molecular weight is 315 g/mol. The quantitative estimate of drug-likeness (QED) is 0.818. The molecule has 7 heteroatoms. The summed E-state index contributed by atoms with van der Waals surface area (Å²) in [5.41, 5.74) is 4.65. The largest absolute Gasteiger partial charge is 0.418 e. The highest BCUT2D eigenvalue weighted by atomic mass is 32.1. The van der Waals surface area contributed by atoms with Crippen molar-refractivity contribution >= 4 is 22.7 Å². The number of alkyl halides is 3. The maximum atomic E-state index is 12.8. The molecule has 1 aromatic carbocycles. The zero-order valence-electron chi connectivity index (χ0n) is 11.7. The molecular weight excluding hydrogens is 299 g/mol. The van der Waals surface area contributed by atoms with Gasteiger partial charge in [-0.05, 0) is 31.5 Å². The number of nitrogens with one attached hydrogen (secondary N) is 1. The van der Waals surface area contributed by atoms with E-state index in [0.29, 0.717) is 5.69 Å². The van der Waals surface area contributed by atoms with Crippen LogP contribution in [0.4, 0.5) is 24.5 Å². The second kappa shape index (κ2) is 5.93. The van der Waals surface area contributed by atoms with Crippen LogP contribution in [0.25, 0.3) is 0 Å². The molecule has 0 spiro atoms. The first-order valence-electron chi connectivity index (χ1n) is 6.49. The molecule has 0 radical (unpaired) electrons. The van der Waals surface area contributed by atoms with Crippen molar-refractivity contribution < 1.29 is 13.2 Å². The molecule has 0 fully saturated rings. The Labute approximate surface area is 125 Å². The summed E-state index contributed by atoms with van der Waals surface area (Å²) in [5, 5.41) is 3.87. The number of nitrogens with zero attached hydrogens (tertiary/aromatic N) is 1. The highest BCUT2D eigenvalue weighted by Gasteiger charge is 2.33. The van der Waals surface area contributed by atoms with Crippen molar-refractivity contribution in [2.75, 3.05) is 11.1 Å². The molecule has 0 amide bonds. The van der Waals surface area contributed by atoms with Gasteiger partial charge in [-0.25, -0.2) is 4.98 Å². The molecule has 0 saturated heterocycles. The van der Waals surface area contributed by atoms with Gasteiger partial charge in [0.05, 0.1) is 11.6 Å². The van der Waals surface area contributed by atoms with Gasteiger partial charge >= 0.3 is 6.18 Å². The summed E-state index contributed by atoms with van der Waals surface area (Å²) in [6.07, 6.45) is -1.77. The molecule has 1 aromatic heterocycles. The van der Waals surface area contributed by atoms with Gasteiger partial charge in [-0.2, -0.15) is 13.2 Å². The predicted molar refractivity (Wildman–Crippen MR) is 79.4 cm³/mol. The molecule has 2 rings (SSSR count). The van der Waals surface area contributed by atoms with Crippen molar-refractivity contribution in [2.24, 2.45) is 0 Å². The molecule has 0 bridgehead atoms. The number of aromatic nitrogens is 1. The Morgan fingerprint density at radius 3 is 2.67 bits per heavy atom. The van der Waals surface area contributed by atoms with Crippen molar-refractivity contribution in [3.63, 3.8) is 0 Å². The molecule has 0 aliphatic rings. The van der Waals surface area contributed by atoms with Gasteiger partial charge in [0.15, 0.2) is 0 Å². The van der Waals surface area contributed by atoms with Crippen LogP contribution in [-0.4, -0.2) is 4.98 Å². The van der Waals surface area contributed by atoms with E-state index in [-0.39, 0.29) is 11.7 Å². The number of thiazole rings is 1. The summed E-state index contributed by atoms with van der Waals surface area (Å²) in [6, 6.07) is 3.66. The zero-order valence-corrected chi connectivity index (χ0v) is 12.5. The summed E-state index contributed by atoms with van der Waals surface area (Å²) in [6.45, 7) is 3.90. The number of hydrogen-bond donors (Lipinski definition) is 2. The lowest BCUT2D eigenvalue weighted by molar-refractivity contribution is -0.136. The maximum absolute atomic E-state index is 12.8. The third kappa shape index (κ3) is 3.66. The fourth-order valence-electron chi connectivity index (χ4n) is 1.89. The van der Waals surface area contributed by atoms with E-state index in [1.807, 2.05) is 13.8 Å². The van der Waals surface area contributed by atoms with Gasteiger partial charge in [-0.3, -0.25) is 0 Å². The summed E-state index contributed by atoms with van der Waals surface area (Å²) < 4.78 is 38.5. The molecule has 114 valence electrons. The number of hydrogen-bond acceptors (Lipinski definition) is 4. The predicted octanol–water partition coefficient (Wildman–Crippen LogP) is 4.48. The molecule has 0 aliphatic heterocycles. The van der Waals surface area contributed by atoms with Crippen LogP contribution in [0.2, 0.25) is 0 Å². The van der Waals surface area contributed by atoms with Crippen LogP contribution in [-0.2, 0) is 12.6 Å². The molecular formula is C14H16F3N3S. The minimum atomic E-state index is -4.46. The molecule has 0 aliphatic carbocycles. The van der Waals surface area contributed by atoms with Crippen molar-refractivity contribution in [1.29, 1.82) is 0 Å². The number of halogens is 3. The first-order chi connectivity index (χ1) is 9.81. The van der Waals surface area contributed by atoms with E-state index in [4.69, 9.17) is 5.73 Å². The number of aryl methyl sites for hydroxylation is 1. The minimum Gasteiger partial charge on any atom is -0.398 e. The van der Waals surface area contributed by atoms with E-state index >= 15 is 0 Å². The number of anilines is 2.